The monoisotopic (exact) mass is 300 g/mol. The van der Waals surface area contributed by atoms with E-state index in [0.717, 1.165) is 11.1 Å². The molecular weight excluding hydrogens is 280 g/mol. The summed E-state index contributed by atoms with van der Waals surface area (Å²) in [5.41, 5.74) is 1.99. The van der Waals surface area contributed by atoms with Crippen LogP contribution >= 0.6 is 0 Å². The normalized spacial score (nSPS) is 10.2. The zero-order valence-corrected chi connectivity index (χ0v) is 12.4. The van der Waals surface area contributed by atoms with Crippen molar-refractivity contribution in [3.8, 4) is 5.75 Å². The summed E-state index contributed by atoms with van der Waals surface area (Å²) in [5, 5.41) is 11.7. The van der Waals surface area contributed by atoms with E-state index in [1.54, 1.807) is 12.4 Å². The Labute approximate surface area is 130 Å². The van der Waals surface area contributed by atoms with Crippen molar-refractivity contribution in [2.75, 3.05) is 13.2 Å². The zero-order chi connectivity index (χ0) is 15.6. The van der Waals surface area contributed by atoms with E-state index >= 15 is 0 Å². The summed E-state index contributed by atoms with van der Waals surface area (Å²) in [6, 6.07) is 11.3. The van der Waals surface area contributed by atoms with Crippen molar-refractivity contribution < 1.29 is 14.6 Å². The van der Waals surface area contributed by atoms with Gasteiger partial charge in [0.05, 0.1) is 6.61 Å². The van der Waals surface area contributed by atoms with Crippen LogP contribution in [0.4, 0.5) is 0 Å². The second-order valence-electron chi connectivity index (χ2n) is 4.81. The number of carbonyl (C=O) groups excluding carboxylic acids is 1. The quantitative estimate of drug-likeness (QED) is 0.778. The molecule has 2 rings (SSSR count). The van der Waals surface area contributed by atoms with Gasteiger partial charge in [0.25, 0.3) is 0 Å². The molecule has 1 aromatic carbocycles. The van der Waals surface area contributed by atoms with Gasteiger partial charge in [0.2, 0.25) is 5.91 Å². The molecule has 0 fully saturated rings. The first-order chi connectivity index (χ1) is 10.8. The van der Waals surface area contributed by atoms with Crippen molar-refractivity contribution in [1.82, 2.24) is 10.3 Å². The van der Waals surface area contributed by atoms with Gasteiger partial charge in [-0.25, -0.2) is 0 Å². The molecule has 0 bridgehead atoms. The van der Waals surface area contributed by atoms with E-state index < -0.39 is 0 Å². The first-order valence-electron chi connectivity index (χ1n) is 7.27. The van der Waals surface area contributed by atoms with Crippen LogP contribution in [0.25, 0.3) is 0 Å². The molecule has 0 saturated carbocycles. The highest BCUT2D eigenvalue weighted by molar-refractivity contribution is 5.76. The lowest BCUT2D eigenvalue weighted by Gasteiger charge is -2.11. The molecule has 0 spiro atoms. The minimum Gasteiger partial charge on any atom is -0.491 e. The minimum absolute atomic E-state index is 0.00577. The molecular formula is C17H20N2O3. The Morgan fingerprint density at radius 3 is 2.73 bits per heavy atom. The molecule has 0 aliphatic heterocycles. The Hall–Kier alpha value is -2.40. The van der Waals surface area contributed by atoms with E-state index in [1.165, 1.54) is 0 Å². The van der Waals surface area contributed by atoms with Crippen LogP contribution in [0.2, 0.25) is 0 Å². The molecule has 0 unspecified atom stereocenters. The van der Waals surface area contributed by atoms with E-state index in [1.807, 2.05) is 36.4 Å². The fourth-order valence-corrected chi connectivity index (χ4v) is 2.04. The van der Waals surface area contributed by atoms with Gasteiger partial charge < -0.3 is 15.2 Å². The van der Waals surface area contributed by atoms with Crippen molar-refractivity contribution in [1.29, 1.82) is 0 Å². The molecule has 5 nitrogen and oxygen atoms in total. The Bertz CT molecular complexity index is 587. The molecule has 1 heterocycles. The molecule has 0 radical (unpaired) electrons. The van der Waals surface area contributed by atoms with Crippen LogP contribution in [-0.4, -0.2) is 29.2 Å². The summed E-state index contributed by atoms with van der Waals surface area (Å²) in [4.78, 5) is 15.9. The molecule has 5 heteroatoms. The van der Waals surface area contributed by atoms with Gasteiger partial charge in [-0.05, 0) is 30.2 Å². The van der Waals surface area contributed by atoms with Gasteiger partial charge in [0.15, 0.2) is 0 Å². The lowest BCUT2D eigenvalue weighted by atomic mass is 10.1. The molecule has 0 atom stereocenters. The standard InChI is InChI=1S/C17H20N2O3/c20-11-12-22-16-4-2-1-3-15(16)13-19-17(21)6-5-14-7-9-18-10-8-14/h1-4,7-10,20H,5-6,11-13H2,(H,19,21). The molecule has 1 amide bonds. The van der Waals surface area contributed by atoms with Crippen LogP contribution in [0.5, 0.6) is 5.75 Å². The van der Waals surface area contributed by atoms with Crippen LogP contribution in [0, 0.1) is 0 Å². The van der Waals surface area contributed by atoms with Crippen molar-refractivity contribution in [3.63, 3.8) is 0 Å². The average Bonchev–Trinajstić information content (AvgIpc) is 2.58. The lowest BCUT2D eigenvalue weighted by Crippen LogP contribution is -2.23. The number of pyridine rings is 1. The summed E-state index contributed by atoms with van der Waals surface area (Å²) in [6.07, 6.45) is 4.57. The number of nitrogens with zero attached hydrogens (tertiary/aromatic N) is 1. The first-order valence-corrected chi connectivity index (χ1v) is 7.27. The molecule has 2 N–H and O–H groups in total. The number of carbonyl (C=O) groups is 1. The number of nitrogens with one attached hydrogen (secondary N) is 1. The maximum Gasteiger partial charge on any atom is 0.220 e. The van der Waals surface area contributed by atoms with Crippen molar-refractivity contribution in [2.45, 2.75) is 19.4 Å². The molecule has 2 aromatic rings. The highest BCUT2D eigenvalue weighted by Gasteiger charge is 2.06. The van der Waals surface area contributed by atoms with Gasteiger partial charge >= 0.3 is 0 Å². The zero-order valence-electron chi connectivity index (χ0n) is 12.4. The van der Waals surface area contributed by atoms with Gasteiger partial charge in [0.1, 0.15) is 12.4 Å². The van der Waals surface area contributed by atoms with Crippen LogP contribution in [0.15, 0.2) is 48.8 Å². The Morgan fingerprint density at radius 1 is 1.18 bits per heavy atom. The maximum atomic E-state index is 11.9. The second-order valence-corrected chi connectivity index (χ2v) is 4.81. The number of hydrogen-bond donors (Lipinski definition) is 2. The summed E-state index contributed by atoms with van der Waals surface area (Å²) < 4.78 is 5.44. The summed E-state index contributed by atoms with van der Waals surface area (Å²) in [6.45, 7) is 0.621. The number of amides is 1. The third kappa shape index (κ3) is 5.18. The van der Waals surface area contributed by atoms with E-state index in [2.05, 4.69) is 10.3 Å². The van der Waals surface area contributed by atoms with E-state index in [0.29, 0.717) is 25.1 Å². The van der Waals surface area contributed by atoms with Crippen LogP contribution in [-0.2, 0) is 17.8 Å². The van der Waals surface area contributed by atoms with Gasteiger partial charge in [-0.2, -0.15) is 0 Å². The fourth-order valence-electron chi connectivity index (χ4n) is 2.04. The smallest absolute Gasteiger partial charge is 0.220 e. The highest BCUT2D eigenvalue weighted by atomic mass is 16.5. The van der Waals surface area contributed by atoms with Crippen LogP contribution in [0.3, 0.4) is 0 Å². The van der Waals surface area contributed by atoms with Gasteiger partial charge in [0, 0.05) is 30.9 Å². The molecule has 0 aliphatic rings. The number of ether oxygens (including phenoxy) is 1. The fraction of sp³-hybridized carbons (Fsp3) is 0.294. The maximum absolute atomic E-state index is 11.9. The number of rotatable bonds is 8. The predicted molar refractivity (Wildman–Crippen MR) is 83.4 cm³/mol. The molecule has 22 heavy (non-hydrogen) atoms. The minimum atomic E-state index is -0.0351. The SMILES string of the molecule is O=C(CCc1ccncc1)NCc1ccccc1OCCO. The largest absolute Gasteiger partial charge is 0.491 e. The van der Waals surface area contributed by atoms with E-state index in [9.17, 15) is 4.79 Å². The third-order valence-electron chi connectivity index (χ3n) is 3.19. The Kier molecular flexibility index (Phi) is 6.39. The second kappa shape index (κ2) is 8.79. The topological polar surface area (TPSA) is 71.5 Å². The summed E-state index contributed by atoms with van der Waals surface area (Å²) >= 11 is 0. The van der Waals surface area contributed by atoms with E-state index in [4.69, 9.17) is 9.84 Å². The van der Waals surface area contributed by atoms with E-state index in [-0.39, 0.29) is 19.1 Å². The molecule has 0 saturated heterocycles. The number of aryl methyl sites for hydroxylation is 1. The first kappa shape index (κ1) is 16.0. The van der Waals surface area contributed by atoms with Gasteiger partial charge in [-0.15, -0.1) is 0 Å². The van der Waals surface area contributed by atoms with Crippen LogP contribution in [0.1, 0.15) is 17.5 Å². The third-order valence-corrected chi connectivity index (χ3v) is 3.19. The Balaban J connectivity index is 1.81. The number of aromatic nitrogens is 1. The predicted octanol–water partition coefficient (Wildman–Crippen LogP) is 1.70. The van der Waals surface area contributed by atoms with Gasteiger partial charge in [-0.1, -0.05) is 18.2 Å². The molecule has 0 aliphatic carbocycles. The number of aliphatic hydroxyl groups excluding tert-OH is 1. The lowest BCUT2D eigenvalue weighted by molar-refractivity contribution is -0.121. The number of para-hydroxylation sites is 1. The number of aliphatic hydroxyl groups is 1. The molecule has 116 valence electrons. The molecule has 1 aromatic heterocycles. The van der Waals surface area contributed by atoms with Crippen molar-refractivity contribution >= 4 is 5.91 Å². The Morgan fingerprint density at radius 2 is 1.95 bits per heavy atom. The van der Waals surface area contributed by atoms with Crippen molar-refractivity contribution in [3.05, 3.63) is 59.9 Å². The summed E-state index contributed by atoms with van der Waals surface area (Å²) in [5.74, 6) is 0.680. The number of benzene rings is 1. The number of hydrogen-bond acceptors (Lipinski definition) is 4. The van der Waals surface area contributed by atoms with Crippen LogP contribution < -0.4 is 10.1 Å². The highest BCUT2D eigenvalue weighted by Crippen LogP contribution is 2.17. The average molecular weight is 300 g/mol. The summed E-state index contributed by atoms with van der Waals surface area (Å²) in [7, 11) is 0. The van der Waals surface area contributed by atoms with Gasteiger partial charge in [-0.3, -0.25) is 9.78 Å². The van der Waals surface area contributed by atoms with Crippen molar-refractivity contribution in [2.24, 2.45) is 0 Å².